The van der Waals surface area contributed by atoms with Gasteiger partial charge in [-0.05, 0) is 42.3 Å². The second-order valence-corrected chi connectivity index (χ2v) is 7.05. The number of para-hydroxylation sites is 1. The molecule has 2 aromatic rings. The summed E-state index contributed by atoms with van der Waals surface area (Å²) >= 11 is 0. The van der Waals surface area contributed by atoms with E-state index in [2.05, 4.69) is 21.8 Å². The number of methoxy groups -OCH3 is 2. The number of hydrazone groups is 1. The second-order valence-electron chi connectivity index (χ2n) is 7.05. The van der Waals surface area contributed by atoms with Crippen LogP contribution < -0.4 is 25.0 Å². The molecule has 2 amide bonds. The topological polar surface area (TPSA) is 98.2 Å². The van der Waals surface area contributed by atoms with E-state index in [9.17, 15) is 9.59 Å². The van der Waals surface area contributed by atoms with Gasteiger partial charge in [-0.1, -0.05) is 25.8 Å². The van der Waals surface area contributed by atoms with E-state index in [1.807, 2.05) is 0 Å². The molecule has 1 unspecified atom stereocenters. The summed E-state index contributed by atoms with van der Waals surface area (Å²) in [7, 11) is 3.07. The number of benzene rings is 2. The lowest BCUT2D eigenvalue weighted by atomic mass is 9.94. The van der Waals surface area contributed by atoms with Gasteiger partial charge >= 0.3 is 0 Å². The minimum atomic E-state index is -0.947. The normalized spacial score (nSPS) is 11.5. The number of amides is 2. The minimum Gasteiger partial charge on any atom is -0.497 e. The summed E-state index contributed by atoms with van der Waals surface area (Å²) < 4.78 is 15.9. The quantitative estimate of drug-likeness (QED) is 0.258. The van der Waals surface area contributed by atoms with Gasteiger partial charge in [-0.2, -0.15) is 5.10 Å². The van der Waals surface area contributed by atoms with Gasteiger partial charge in [-0.25, -0.2) is 5.43 Å². The van der Waals surface area contributed by atoms with Gasteiger partial charge in [0.2, 0.25) is 5.91 Å². The van der Waals surface area contributed by atoms with Crippen LogP contribution in [0.4, 0.5) is 5.69 Å². The molecule has 1 atom stereocenters. The molecule has 0 radical (unpaired) electrons. The van der Waals surface area contributed by atoms with E-state index in [0.29, 0.717) is 28.5 Å². The monoisotopic (exact) mass is 437 g/mol. The Hall–Kier alpha value is -3.99. The molecule has 0 bridgehead atoms. The van der Waals surface area contributed by atoms with Crippen LogP contribution in [0.3, 0.4) is 0 Å². The van der Waals surface area contributed by atoms with Crippen molar-refractivity contribution in [2.24, 2.45) is 16.9 Å². The molecule has 0 saturated heterocycles. The first-order valence-corrected chi connectivity index (χ1v) is 9.92. The molecule has 0 aliphatic rings. The van der Waals surface area contributed by atoms with Gasteiger partial charge in [0.15, 0.2) is 11.5 Å². The molecular weight excluding hydrogens is 410 g/mol. The van der Waals surface area contributed by atoms with Crippen LogP contribution >= 0.6 is 0 Å². The number of nitrogens with one attached hydrogen (secondary N) is 2. The smallest absolute Gasteiger partial charge is 0.252 e. The van der Waals surface area contributed by atoms with Gasteiger partial charge < -0.3 is 19.5 Å². The number of nitrogens with zero attached hydrogens (tertiary/aromatic N) is 1. The highest BCUT2D eigenvalue weighted by Crippen LogP contribution is 2.30. The number of hydrogen-bond acceptors (Lipinski definition) is 6. The van der Waals surface area contributed by atoms with Crippen LogP contribution in [0.5, 0.6) is 17.2 Å². The van der Waals surface area contributed by atoms with Crippen molar-refractivity contribution in [2.75, 3.05) is 26.1 Å². The molecule has 168 valence electrons. The Morgan fingerprint density at radius 2 is 1.81 bits per heavy atom. The first kappa shape index (κ1) is 24.3. The largest absolute Gasteiger partial charge is 0.497 e. The van der Waals surface area contributed by atoms with Gasteiger partial charge in [-0.15, -0.1) is 6.42 Å². The third-order valence-electron chi connectivity index (χ3n) is 4.50. The lowest BCUT2D eigenvalue weighted by Crippen LogP contribution is -2.39. The van der Waals surface area contributed by atoms with Crippen molar-refractivity contribution in [3.63, 3.8) is 0 Å². The molecule has 2 rings (SSSR count). The van der Waals surface area contributed by atoms with E-state index >= 15 is 0 Å². The third-order valence-corrected chi connectivity index (χ3v) is 4.50. The molecule has 8 nitrogen and oxygen atoms in total. The molecule has 0 aliphatic carbocycles. The van der Waals surface area contributed by atoms with Crippen LogP contribution in [-0.2, 0) is 9.59 Å². The Balaban J connectivity index is 2.10. The molecule has 32 heavy (non-hydrogen) atoms. The number of ether oxygens (including phenoxy) is 3. The summed E-state index contributed by atoms with van der Waals surface area (Å²) in [4.78, 5) is 25.4. The summed E-state index contributed by atoms with van der Waals surface area (Å²) in [5, 5.41) is 6.74. The fourth-order valence-electron chi connectivity index (χ4n) is 2.92. The lowest BCUT2D eigenvalue weighted by Gasteiger charge is -2.18. The molecule has 2 aromatic carbocycles. The van der Waals surface area contributed by atoms with Crippen LogP contribution in [0.2, 0.25) is 0 Å². The van der Waals surface area contributed by atoms with Crippen molar-refractivity contribution >= 4 is 23.7 Å². The van der Waals surface area contributed by atoms with E-state index in [1.54, 1.807) is 63.4 Å². The fourth-order valence-corrected chi connectivity index (χ4v) is 2.92. The molecule has 0 saturated carbocycles. The number of anilines is 1. The fraction of sp³-hybridized carbons (Fsp3) is 0.292. The highest BCUT2D eigenvalue weighted by Gasteiger charge is 2.30. The van der Waals surface area contributed by atoms with Crippen molar-refractivity contribution < 1.29 is 23.8 Å². The summed E-state index contributed by atoms with van der Waals surface area (Å²) in [5.41, 5.74) is 3.55. The third kappa shape index (κ3) is 6.51. The molecule has 0 spiro atoms. The SMILES string of the molecule is C#CCOc1c(C=NNC(=O)C(C(=O)Nc2ccc(OC)cc2)C(C)C)cccc1OC. The Morgan fingerprint density at radius 1 is 1.09 bits per heavy atom. The zero-order valence-electron chi connectivity index (χ0n) is 18.5. The molecule has 0 aliphatic heterocycles. The average molecular weight is 437 g/mol. The van der Waals surface area contributed by atoms with Gasteiger partial charge in [0.1, 0.15) is 18.3 Å². The lowest BCUT2D eigenvalue weighted by molar-refractivity contribution is -0.134. The molecule has 0 heterocycles. The van der Waals surface area contributed by atoms with E-state index in [-0.39, 0.29) is 12.5 Å². The van der Waals surface area contributed by atoms with Crippen LogP contribution in [0.25, 0.3) is 0 Å². The van der Waals surface area contributed by atoms with Crippen molar-refractivity contribution in [1.29, 1.82) is 0 Å². The first-order chi connectivity index (χ1) is 15.4. The van der Waals surface area contributed by atoms with Gasteiger partial charge in [0.25, 0.3) is 5.91 Å². The maximum atomic E-state index is 12.7. The Morgan fingerprint density at radius 3 is 2.41 bits per heavy atom. The maximum Gasteiger partial charge on any atom is 0.252 e. The van der Waals surface area contributed by atoms with Crippen LogP contribution in [0, 0.1) is 24.2 Å². The molecule has 8 heteroatoms. The molecule has 0 fully saturated rings. The average Bonchev–Trinajstić information content (AvgIpc) is 2.78. The molecule has 2 N–H and O–H groups in total. The number of rotatable bonds is 10. The Kier molecular flexibility index (Phi) is 9.11. The van der Waals surface area contributed by atoms with Crippen LogP contribution in [-0.4, -0.2) is 38.9 Å². The molecule has 0 aromatic heterocycles. The number of terminal acetylenes is 1. The standard InChI is InChI=1S/C24H27N3O5/c1-6-14-32-22-17(8-7-9-20(22)31-5)15-25-27-24(29)21(16(2)3)23(28)26-18-10-12-19(30-4)13-11-18/h1,7-13,15-16,21H,14H2,2-5H3,(H,26,28)(H,27,29). The van der Waals surface area contributed by atoms with Gasteiger partial charge in [-0.3, -0.25) is 9.59 Å². The summed E-state index contributed by atoms with van der Waals surface area (Å²) in [6.45, 7) is 3.62. The van der Waals surface area contributed by atoms with Gasteiger partial charge in [0.05, 0.1) is 20.4 Å². The summed E-state index contributed by atoms with van der Waals surface area (Å²) in [6.07, 6.45) is 6.67. The number of hydrogen-bond donors (Lipinski definition) is 2. The van der Waals surface area contributed by atoms with E-state index in [1.165, 1.54) is 13.3 Å². The second kappa shape index (κ2) is 12.0. The summed E-state index contributed by atoms with van der Waals surface area (Å²) in [6, 6.07) is 12.1. The maximum absolute atomic E-state index is 12.7. The highest BCUT2D eigenvalue weighted by atomic mass is 16.5. The van der Waals surface area contributed by atoms with E-state index in [4.69, 9.17) is 20.6 Å². The Labute approximate surface area is 187 Å². The predicted molar refractivity (Wildman–Crippen MR) is 123 cm³/mol. The predicted octanol–water partition coefficient (Wildman–Crippen LogP) is 3.08. The van der Waals surface area contributed by atoms with E-state index in [0.717, 1.165) is 0 Å². The van der Waals surface area contributed by atoms with E-state index < -0.39 is 17.7 Å². The Bertz CT molecular complexity index is 994. The number of carbonyl (C=O) groups is 2. The first-order valence-electron chi connectivity index (χ1n) is 9.92. The van der Waals surface area contributed by atoms with Crippen molar-refractivity contribution in [3.05, 3.63) is 48.0 Å². The van der Waals surface area contributed by atoms with Crippen LogP contribution in [0.1, 0.15) is 19.4 Å². The number of carbonyl (C=O) groups excluding carboxylic acids is 2. The highest BCUT2D eigenvalue weighted by molar-refractivity contribution is 6.06. The molecular formula is C24H27N3O5. The van der Waals surface area contributed by atoms with Crippen LogP contribution in [0.15, 0.2) is 47.6 Å². The van der Waals surface area contributed by atoms with Crippen molar-refractivity contribution in [1.82, 2.24) is 5.43 Å². The minimum absolute atomic E-state index is 0.0501. The van der Waals surface area contributed by atoms with Crippen molar-refractivity contribution in [3.8, 4) is 29.6 Å². The zero-order valence-corrected chi connectivity index (χ0v) is 18.5. The summed E-state index contributed by atoms with van der Waals surface area (Å²) in [5.74, 6) is 1.78. The van der Waals surface area contributed by atoms with Crippen molar-refractivity contribution in [2.45, 2.75) is 13.8 Å². The zero-order chi connectivity index (χ0) is 23.5. The van der Waals surface area contributed by atoms with Gasteiger partial charge in [0, 0.05) is 11.3 Å².